The number of carbonyl (C=O) groups excluding carboxylic acids is 1. The Morgan fingerprint density at radius 1 is 1.14 bits per heavy atom. The molecule has 0 saturated carbocycles. The van der Waals surface area contributed by atoms with E-state index in [-0.39, 0.29) is 17.7 Å². The van der Waals surface area contributed by atoms with E-state index in [0.717, 1.165) is 26.3 Å². The van der Waals surface area contributed by atoms with Crippen LogP contribution >= 0.6 is 27.5 Å². The van der Waals surface area contributed by atoms with Gasteiger partial charge in [0.05, 0.1) is 23.2 Å². The van der Waals surface area contributed by atoms with Crippen LogP contribution in [0.25, 0.3) is 15.9 Å². The van der Waals surface area contributed by atoms with E-state index in [2.05, 4.69) is 30.7 Å². The standard InChI is InChI=1S/C18H15BrN6O3S/c1-23-16(27)15-12(22-29-17(15)24(2)18(23)28)9-14(26)20-13-7-8-25(21-13)11-5-3-10(19)4-6-11/h3-8H,9H2,1-2H3,(H,20,21,26). The smallest absolute Gasteiger partial charge is 0.309 e. The van der Waals surface area contributed by atoms with Gasteiger partial charge in [-0.25, -0.2) is 9.48 Å². The van der Waals surface area contributed by atoms with Gasteiger partial charge >= 0.3 is 5.69 Å². The maximum atomic E-state index is 12.5. The second kappa shape index (κ2) is 7.41. The van der Waals surface area contributed by atoms with E-state index in [0.29, 0.717) is 16.3 Å². The number of aromatic nitrogens is 5. The van der Waals surface area contributed by atoms with Gasteiger partial charge in [-0.3, -0.25) is 18.7 Å². The molecule has 0 aliphatic heterocycles. The fourth-order valence-electron chi connectivity index (χ4n) is 2.91. The fourth-order valence-corrected chi connectivity index (χ4v) is 4.03. The minimum Gasteiger partial charge on any atom is -0.309 e. The second-order valence-electron chi connectivity index (χ2n) is 6.36. The number of aryl methyl sites for hydroxylation is 1. The van der Waals surface area contributed by atoms with Crippen molar-refractivity contribution >= 4 is 49.4 Å². The molecule has 11 heteroatoms. The van der Waals surface area contributed by atoms with Crippen molar-refractivity contribution in [3.63, 3.8) is 0 Å². The first-order valence-corrected chi connectivity index (χ1v) is 10.1. The molecule has 0 atom stereocenters. The molecule has 29 heavy (non-hydrogen) atoms. The number of nitrogens with zero attached hydrogens (tertiary/aromatic N) is 5. The number of amides is 1. The second-order valence-corrected chi connectivity index (χ2v) is 8.03. The number of benzene rings is 1. The van der Waals surface area contributed by atoms with Crippen molar-refractivity contribution in [2.75, 3.05) is 5.32 Å². The van der Waals surface area contributed by atoms with Gasteiger partial charge in [-0.05, 0) is 35.8 Å². The summed E-state index contributed by atoms with van der Waals surface area (Å²) in [5, 5.41) is 7.34. The Balaban J connectivity index is 1.56. The van der Waals surface area contributed by atoms with Gasteiger partial charge in [-0.2, -0.15) is 9.47 Å². The molecule has 1 aromatic carbocycles. The molecule has 3 heterocycles. The molecule has 1 amide bonds. The molecular weight excluding hydrogens is 460 g/mol. The van der Waals surface area contributed by atoms with Crippen LogP contribution < -0.4 is 16.6 Å². The minimum atomic E-state index is -0.459. The van der Waals surface area contributed by atoms with Gasteiger partial charge < -0.3 is 5.32 Å². The average Bonchev–Trinajstić information content (AvgIpc) is 3.32. The predicted molar refractivity (Wildman–Crippen MR) is 114 cm³/mol. The van der Waals surface area contributed by atoms with Crippen LogP contribution in [-0.2, 0) is 25.3 Å². The van der Waals surface area contributed by atoms with Crippen molar-refractivity contribution in [3.05, 3.63) is 67.5 Å². The highest BCUT2D eigenvalue weighted by Crippen LogP contribution is 2.19. The van der Waals surface area contributed by atoms with Crippen LogP contribution in [0.1, 0.15) is 5.69 Å². The molecule has 0 fully saturated rings. The zero-order valence-corrected chi connectivity index (χ0v) is 17.8. The van der Waals surface area contributed by atoms with Gasteiger partial charge in [-0.1, -0.05) is 15.9 Å². The topological polar surface area (TPSA) is 104 Å². The Morgan fingerprint density at radius 2 is 1.86 bits per heavy atom. The molecule has 0 unspecified atom stereocenters. The summed E-state index contributed by atoms with van der Waals surface area (Å²) in [6.07, 6.45) is 1.64. The molecule has 4 aromatic rings. The summed E-state index contributed by atoms with van der Waals surface area (Å²) in [6.45, 7) is 0. The van der Waals surface area contributed by atoms with Crippen LogP contribution in [0, 0.1) is 0 Å². The SMILES string of the molecule is Cn1c(=O)c2c(CC(=O)Nc3ccn(-c4ccc(Br)cc4)n3)nsc2n(C)c1=O. The lowest BCUT2D eigenvalue weighted by atomic mass is 10.2. The Hall–Kier alpha value is -3.05. The van der Waals surface area contributed by atoms with Gasteiger partial charge in [0.2, 0.25) is 5.91 Å². The van der Waals surface area contributed by atoms with Crippen molar-refractivity contribution in [1.82, 2.24) is 23.3 Å². The summed E-state index contributed by atoms with van der Waals surface area (Å²) >= 11 is 4.41. The molecular formula is C18H15BrN6O3S. The van der Waals surface area contributed by atoms with Gasteiger partial charge in [0.25, 0.3) is 5.56 Å². The predicted octanol–water partition coefficient (Wildman–Crippen LogP) is 1.82. The number of nitrogens with one attached hydrogen (secondary N) is 1. The summed E-state index contributed by atoms with van der Waals surface area (Å²) in [6, 6.07) is 9.27. The summed E-state index contributed by atoms with van der Waals surface area (Å²) < 4.78 is 9.19. The van der Waals surface area contributed by atoms with Gasteiger partial charge in [0, 0.05) is 30.8 Å². The van der Waals surface area contributed by atoms with E-state index in [1.165, 1.54) is 11.6 Å². The van der Waals surface area contributed by atoms with E-state index in [1.54, 1.807) is 24.0 Å². The molecule has 1 N–H and O–H groups in total. The summed E-state index contributed by atoms with van der Waals surface area (Å²) in [4.78, 5) is 37.4. The van der Waals surface area contributed by atoms with E-state index < -0.39 is 11.2 Å². The minimum absolute atomic E-state index is 0.0986. The molecule has 148 valence electrons. The number of carbonyl (C=O) groups is 1. The number of hydrogen-bond donors (Lipinski definition) is 1. The summed E-state index contributed by atoms with van der Waals surface area (Å²) in [5.41, 5.74) is 0.300. The molecule has 3 aromatic heterocycles. The molecule has 0 aliphatic rings. The lowest BCUT2D eigenvalue weighted by Gasteiger charge is -2.04. The quantitative estimate of drug-likeness (QED) is 0.485. The summed E-state index contributed by atoms with van der Waals surface area (Å²) in [7, 11) is 2.97. The molecule has 0 saturated heterocycles. The van der Waals surface area contributed by atoms with E-state index in [1.807, 2.05) is 24.3 Å². The first-order chi connectivity index (χ1) is 13.8. The number of rotatable bonds is 4. The lowest BCUT2D eigenvalue weighted by Crippen LogP contribution is -2.36. The van der Waals surface area contributed by atoms with Crippen LogP contribution in [0.15, 0.2) is 50.6 Å². The average molecular weight is 475 g/mol. The van der Waals surface area contributed by atoms with Crippen LogP contribution in [0.2, 0.25) is 0 Å². The maximum absolute atomic E-state index is 12.5. The zero-order valence-electron chi connectivity index (χ0n) is 15.4. The maximum Gasteiger partial charge on any atom is 0.331 e. The van der Waals surface area contributed by atoms with E-state index in [4.69, 9.17) is 0 Å². The Morgan fingerprint density at radius 3 is 2.59 bits per heavy atom. The van der Waals surface area contributed by atoms with Crippen LogP contribution in [0.4, 0.5) is 5.82 Å². The fraction of sp³-hybridized carbons (Fsp3) is 0.167. The molecule has 0 aliphatic carbocycles. The van der Waals surface area contributed by atoms with Gasteiger partial charge in [-0.15, -0.1) is 0 Å². The molecule has 0 radical (unpaired) electrons. The Kier molecular flexibility index (Phi) is 4.92. The number of fused-ring (bicyclic) bond motifs is 1. The summed E-state index contributed by atoms with van der Waals surface area (Å²) in [5.74, 6) is 0.0342. The van der Waals surface area contributed by atoms with Crippen LogP contribution in [-0.4, -0.2) is 29.2 Å². The normalized spacial score (nSPS) is 11.1. The first-order valence-electron chi connectivity index (χ1n) is 8.51. The van der Waals surface area contributed by atoms with Crippen molar-refractivity contribution < 1.29 is 4.79 Å². The molecule has 0 spiro atoms. The largest absolute Gasteiger partial charge is 0.331 e. The zero-order chi connectivity index (χ0) is 20.7. The highest BCUT2D eigenvalue weighted by Gasteiger charge is 2.18. The highest BCUT2D eigenvalue weighted by molar-refractivity contribution is 9.10. The van der Waals surface area contributed by atoms with Gasteiger partial charge in [0.15, 0.2) is 5.82 Å². The third-order valence-corrected chi connectivity index (χ3v) is 5.91. The first kappa shape index (κ1) is 19.3. The van der Waals surface area contributed by atoms with E-state index >= 15 is 0 Å². The van der Waals surface area contributed by atoms with Crippen molar-refractivity contribution in [2.45, 2.75) is 6.42 Å². The Labute approximate surface area is 176 Å². The molecule has 4 rings (SSSR count). The van der Waals surface area contributed by atoms with E-state index in [9.17, 15) is 14.4 Å². The third-order valence-electron chi connectivity index (χ3n) is 4.42. The van der Waals surface area contributed by atoms with Crippen LogP contribution in [0.5, 0.6) is 0 Å². The number of hydrogen-bond acceptors (Lipinski definition) is 6. The van der Waals surface area contributed by atoms with Crippen molar-refractivity contribution in [1.29, 1.82) is 0 Å². The highest BCUT2D eigenvalue weighted by atomic mass is 79.9. The van der Waals surface area contributed by atoms with Crippen molar-refractivity contribution in [2.24, 2.45) is 14.1 Å². The molecule has 9 nitrogen and oxygen atoms in total. The van der Waals surface area contributed by atoms with Crippen molar-refractivity contribution in [3.8, 4) is 5.69 Å². The number of anilines is 1. The third kappa shape index (κ3) is 3.54. The molecule has 0 bridgehead atoms. The number of halogens is 1. The van der Waals surface area contributed by atoms with Crippen LogP contribution in [0.3, 0.4) is 0 Å². The van der Waals surface area contributed by atoms with Gasteiger partial charge in [0.1, 0.15) is 4.83 Å². The monoisotopic (exact) mass is 474 g/mol. The Bertz CT molecular complexity index is 1350. The lowest BCUT2D eigenvalue weighted by molar-refractivity contribution is -0.115.